The molecule has 2 heterocycles. The first-order chi connectivity index (χ1) is 10.6. The molecule has 1 saturated heterocycles. The van der Waals surface area contributed by atoms with Crippen LogP contribution in [0.5, 0.6) is 0 Å². The van der Waals surface area contributed by atoms with Gasteiger partial charge in [-0.05, 0) is 13.3 Å². The average Bonchev–Trinajstić information content (AvgIpc) is 3.14. The number of benzene rings is 1. The molecule has 0 radical (unpaired) electrons. The zero-order valence-corrected chi connectivity index (χ0v) is 13.4. The van der Waals surface area contributed by atoms with Gasteiger partial charge >= 0.3 is 5.97 Å². The van der Waals surface area contributed by atoms with Gasteiger partial charge in [0.15, 0.2) is 0 Å². The molecule has 1 atom stereocenters. The Morgan fingerprint density at radius 2 is 2.00 bits per heavy atom. The normalized spacial score (nSPS) is 16.9. The summed E-state index contributed by atoms with van der Waals surface area (Å²) in [6.07, 6.45) is 0.478. The van der Waals surface area contributed by atoms with E-state index in [1.807, 2.05) is 30.3 Å². The van der Waals surface area contributed by atoms with E-state index >= 15 is 0 Å². The molecule has 3 rings (SSSR count). The molecule has 1 aromatic heterocycles. The second kappa shape index (κ2) is 6.83. The number of hydrogen-bond donors (Lipinski definition) is 1. The summed E-state index contributed by atoms with van der Waals surface area (Å²) in [5.41, 5.74) is 1.72. The molecule has 0 bridgehead atoms. The Labute approximate surface area is 139 Å². The molecule has 2 aromatic rings. The van der Waals surface area contributed by atoms with Crippen molar-refractivity contribution in [2.24, 2.45) is 5.92 Å². The molecule has 7 heteroatoms. The molecule has 1 unspecified atom stereocenters. The van der Waals surface area contributed by atoms with E-state index in [2.05, 4.69) is 5.16 Å². The van der Waals surface area contributed by atoms with Gasteiger partial charge < -0.3 is 14.5 Å². The van der Waals surface area contributed by atoms with Crippen LogP contribution in [0.15, 0.2) is 34.9 Å². The summed E-state index contributed by atoms with van der Waals surface area (Å²) in [7, 11) is 0. The van der Waals surface area contributed by atoms with Crippen molar-refractivity contribution in [2.45, 2.75) is 13.3 Å². The van der Waals surface area contributed by atoms with Crippen LogP contribution in [0.3, 0.4) is 0 Å². The first-order valence-corrected chi connectivity index (χ1v) is 7.11. The van der Waals surface area contributed by atoms with E-state index in [0.717, 1.165) is 5.56 Å². The van der Waals surface area contributed by atoms with Gasteiger partial charge in [-0.1, -0.05) is 35.5 Å². The maximum absolute atomic E-state index is 12.7. The highest BCUT2D eigenvalue weighted by molar-refractivity contribution is 6.01. The Kier molecular flexibility index (Phi) is 5.05. The summed E-state index contributed by atoms with van der Waals surface area (Å²) in [5.74, 6) is -1.13. The molecule has 1 aromatic carbocycles. The van der Waals surface area contributed by atoms with Crippen LogP contribution in [0.4, 0.5) is 0 Å². The highest BCUT2D eigenvalue weighted by Gasteiger charge is 2.34. The summed E-state index contributed by atoms with van der Waals surface area (Å²) < 4.78 is 5.19. The number of carboxylic acids is 1. The van der Waals surface area contributed by atoms with Gasteiger partial charge in [0.05, 0.1) is 5.92 Å². The van der Waals surface area contributed by atoms with E-state index in [-0.39, 0.29) is 24.9 Å². The molecule has 1 aliphatic rings. The lowest BCUT2D eigenvalue weighted by Crippen LogP contribution is -2.30. The Balaban J connectivity index is 0.00000192. The molecule has 23 heavy (non-hydrogen) atoms. The molecule has 122 valence electrons. The highest BCUT2D eigenvalue weighted by Crippen LogP contribution is 2.28. The van der Waals surface area contributed by atoms with Crippen molar-refractivity contribution in [3.8, 4) is 11.3 Å². The van der Waals surface area contributed by atoms with Crippen LogP contribution in [-0.2, 0) is 4.79 Å². The second-order valence-electron chi connectivity index (χ2n) is 5.40. The summed E-state index contributed by atoms with van der Waals surface area (Å²) >= 11 is 0. The van der Waals surface area contributed by atoms with Gasteiger partial charge in [0.1, 0.15) is 17.0 Å². The van der Waals surface area contributed by atoms with Gasteiger partial charge in [0.2, 0.25) is 0 Å². The fourth-order valence-corrected chi connectivity index (χ4v) is 2.72. The molecular formula is C16H17ClN2O4. The van der Waals surface area contributed by atoms with Crippen molar-refractivity contribution >= 4 is 24.3 Å². The lowest BCUT2D eigenvalue weighted by atomic mass is 10.1. The number of aliphatic carboxylic acids is 1. The van der Waals surface area contributed by atoms with Crippen LogP contribution < -0.4 is 0 Å². The number of halogens is 1. The third-order valence-corrected chi connectivity index (χ3v) is 3.95. The zero-order valence-electron chi connectivity index (χ0n) is 12.6. The molecule has 6 nitrogen and oxygen atoms in total. The lowest BCUT2D eigenvalue weighted by molar-refractivity contribution is -0.141. The molecule has 1 N–H and O–H groups in total. The molecule has 0 spiro atoms. The first kappa shape index (κ1) is 17.0. The number of carbonyl (C=O) groups is 2. The number of hydrogen-bond acceptors (Lipinski definition) is 4. The SMILES string of the molecule is Cc1onc(-c2ccccc2)c1C(=O)N1CCC(C(=O)O)C1.Cl. The molecule has 0 aliphatic carbocycles. The van der Waals surface area contributed by atoms with E-state index in [4.69, 9.17) is 9.63 Å². The van der Waals surface area contributed by atoms with E-state index in [1.54, 1.807) is 11.8 Å². The van der Waals surface area contributed by atoms with Crippen LogP contribution in [0, 0.1) is 12.8 Å². The fraction of sp³-hybridized carbons (Fsp3) is 0.312. The summed E-state index contributed by atoms with van der Waals surface area (Å²) in [6.45, 7) is 2.36. The van der Waals surface area contributed by atoms with E-state index < -0.39 is 11.9 Å². The van der Waals surface area contributed by atoms with Crippen molar-refractivity contribution in [2.75, 3.05) is 13.1 Å². The maximum atomic E-state index is 12.7. The number of amides is 1. The molecule has 1 amide bonds. The van der Waals surface area contributed by atoms with E-state index in [9.17, 15) is 9.59 Å². The van der Waals surface area contributed by atoms with E-state index in [1.165, 1.54) is 0 Å². The quantitative estimate of drug-likeness (QED) is 0.931. The number of aromatic nitrogens is 1. The molecule has 1 fully saturated rings. The Morgan fingerprint density at radius 1 is 1.30 bits per heavy atom. The Hall–Kier alpha value is -2.34. The lowest BCUT2D eigenvalue weighted by Gasteiger charge is -2.15. The maximum Gasteiger partial charge on any atom is 0.308 e. The highest BCUT2D eigenvalue weighted by atomic mass is 35.5. The Bertz CT molecular complexity index is 714. The number of carboxylic acid groups (broad SMARTS) is 1. The smallest absolute Gasteiger partial charge is 0.308 e. The third-order valence-electron chi connectivity index (χ3n) is 3.95. The summed E-state index contributed by atoms with van der Waals surface area (Å²) in [4.78, 5) is 25.3. The molecule has 1 aliphatic heterocycles. The predicted octanol–water partition coefficient (Wildman–Crippen LogP) is 2.62. The number of likely N-dealkylation sites (tertiary alicyclic amines) is 1. The zero-order chi connectivity index (χ0) is 15.7. The third kappa shape index (κ3) is 3.22. The van der Waals surface area contributed by atoms with Crippen molar-refractivity contribution in [1.29, 1.82) is 0 Å². The van der Waals surface area contributed by atoms with Gasteiger partial charge in [-0.15, -0.1) is 12.4 Å². The number of rotatable bonds is 3. The molecule has 0 saturated carbocycles. The fourth-order valence-electron chi connectivity index (χ4n) is 2.72. The van der Waals surface area contributed by atoms with Crippen molar-refractivity contribution < 1.29 is 19.2 Å². The number of carbonyl (C=O) groups excluding carboxylic acids is 1. The van der Waals surface area contributed by atoms with Crippen molar-refractivity contribution in [3.05, 3.63) is 41.7 Å². The van der Waals surface area contributed by atoms with Gasteiger partial charge in [-0.3, -0.25) is 9.59 Å². The van der Waals surface area contributed by atoms with E-state index in [0.29, 0.717) is 30.0 Å². The van der Waals surface area contributed by atoms with Crippen LogP contribution >= 0.6 is 12.4 Å². The monoisotopic (exact) mass is 336 g/mol. The van der Waals surface area contributed by atoms with Gasteiger partial charge in [0, 0.05) is 18.7 Å². The average molecular weight is 337 g/mol. The minimum absolute atomic E-state index is 0. The van der Waals surface area contributed by atoms with Gasteiger partial charge in [-0.2, -0.15) is 0 Å². The van der Waals surface area contributed by atoms with Crippen LogP contribution in [0.1, 0.15) is 22.5 Å². The minimum Gasteiger partial charge on any atom is -0.481 e. The summed E-state index contributed by atoms with van der Waals surface area (Å²) in [5, 5.41) is 13.1. The first-order valence-electron chi connectivity index (χ1n) is 7.11. The van der Waals surface area contributed by atoms with Crippen molar-refractivity contribution in [1.82, 2.24) is 10.1 Å². The number of nitrogens with zero attached hydrogens (tertiary/aromatic N) is 2. The minimum atomic E-state index is -0.861. The summed E-state index contributed by atoms with van der Waals surface area (Å²) in [6, 6.07) is 9.33. The van der Waals surface area contributed by atoms with Crippen LogP contribution in [0.2, 0.25) is 0 Å². The van der Waals surface area contributed by atoms with Crippen molar-refractivity contribution in [3.63, 3.8) is 0 Å². The Morgan fingerprint density at radius 3 is 2.61 bits per heavy atom. The van der Waals surface area contributed by atoms with Gasteiger partial charge in [-0.25, -0.2) is 0 Å². The second-order valence-corrected chi connectivity index (χ2v) is 5.40. The predicted molar refractivity (Wildman–Crippen MR) is 85.6 cm³/mol. The van der Waals surface area contributed by atoms with Crippen LogP contribution in [-0.4, -0.2) is 40.1 Å². The van der Waals surface area contributed by atoms with Gasteiger partial charge in [0.25, 0.3) is 5.91 Å². The standard InChI is InChI=1S/C16H16N2O4.ClH/c1-10-13(14(17-22-10)11-5-3-2-4-6-11)15(19)18-8-7-12(9-18)16(20)21;/h2-6,12H,7-9H2,1H3,(H,20,21);1H. The number of aryl methyl sites for hydroxylation is 1. The molecular weight excluding hydrogens is 320 g/mol. The van der Waals surface area contributed by atoms with Crippen LogP contribution in [0.25, 0.3) is 11.3 Å². The largest absolute Gasteiger partial charge is 0.481 e. The topological polar surface area (TPSA) is 83.6 Å².